The minimum atomic E-state index is -1.000. The van der Waals surface area contributed by atoms with Gasteiger partial charge in [-0.2, -0.15) is 0 Å². The van der Waals surface area contributed by atoms with Crippen molar-refractivity contribution in [3.63, 3.8) is 0 Å². The standard InChI is InChI=1S/C26H32N4O4S/c1-30(2)25(32)29-21(13-19-9-5-3-6-10-19)15-23(31)24(14-20-11-7-4-8-12-20)34-26(33)28-17-22-16-27-18-35-22/h3-12,16,18,21,23-24,31H,13-15,17H2,1-2H3,(H,28,33)(H,29,32). The highest BCUT2D eigenvalue weighted by Crippen LogP contribution is 2.17. The average molecular weight is 497 g/mol. The van der Waals surface area contributed by atoms with Gasteiger partial charge in [-0.3, -0.25) is 4.98 Å². The number of nitrogens with one attached hydrogen (secondary N) is 2. The molecule has 0 aliphatic rings. The highest BCUT2D eigenvalue weighted by molar-refractivity contribution is 7.09. The predicted molar refractivity (Wildman–Crippen MR) is 136 cm³/mol. The molecule has 0 spiro atoms. The van der Waals surface area contributed by atoms with Crippen molar-refractivity contribution in [1.29, 1.82) is 0 Å². The smallest absolute Gasteiger partial charge is 0.407 e. The van der Waals surface area contributed by atoms with Crippen molar-refractivity contribution in [3.05, 3.63) is 88.4 Å². The summed E-state index contributed by atoms with van der Waals surface area (Å²) in [7, 11) is 3.33. The van der Waals surface area contributed by atoms with Crippen molar-refractivity contribution in [1.82, 2.24) is 20.5 Å². The van der Waals surface area contributed by atoms with Gasteiger partial charge in [0.2, 0.25) is 0 Å². The van der Waals surface area contributed by atoms with Crippen LogP contribution in [-0.2, 0) is 24.1 Å². The van der Waals surface area contributed by atoms with Crippen LogP contribution in [0, 0.1) is 0 Å². The minimum absolute atomic E-state index is 0.216. The van der Waals surface area contributed by atoms with E-state index in [1.54, 1.807) is 25.8 Å². The fraction of sp³-hybridized carbons (Fsp3) is 0.346. The zero-order valence-corrected chi connectivity index (χ0v) is 20.8. The van der Waals surface area contributed by atoms with E-state index in [1.807, 2.05) is 60.7 Å². The summed E-state index contributed by atoms with van der Waals surface area (Å²) in [5.41, 5.74) is 3.66. The number of nitrogens with zero attached hydrogens (tertiary/aromatic N) is 2. The minimum Gasteiger partial charge on any atom is -0.443 e. The van der Waals surface area contributed by atoms with Crippen LogP contribution in [-0.4, -0.2) is 59.5 Å². The number of ether oxygens (including phenoxy) is 1. The molecule has 0 aliphatic heterocycles. The van der Waals surface area contributed by atoms with Gasteiger partial charge in [0.25, 0.3) is 0 Å². The van der Waals surface area contributed by atoms with Crippen molar-refractivity contribution in [2.45, 2.75) is 44.1 Å². The number of aromatic nitrogens is 1. The van der Waals surface area contributed by atoms with Gasteiger partial charge in [0.15, 0.2) is 0 Å². The summed E-state index contributed by atoms with van der Waals surface area (Å²) in [6.45, 7) is 0.299. The zero-order chi connectivity index (χ0) is 25.0. The Balaban J connectivity index is 1.71. The number of benzene rings is 2. The van der Waals surface area contributed by atoms with Gasteiger partial charge in [0.1, 0.15) is 6.10 Å². The number of amides is 3. The van der Waals surface area contributed by atoms with Crippen LogP contribution in [0.2, 0.25) is 0 Å². The lowest BCUT2D eigenvalue weighted by Crippen LogP contribution is -2.46. The van der Waals surface area contributed by atoms with Crippen LogP contribution in [0.3, 0.4) is 0 Å². The third-order valence-corrected chi connectivity index (χ3v) is 6.22. The van der Waals surface area contributed by atoms with Crippen molar-refractivity contribution in [2.24, 2.45) is 0 Å². The third kappa shape index (κ3) is 9.03. The molecule has 9 heteroatoms. The number of aliphatic hydroxyl groups excluding tert-OH is 1. The van der Waals surface area contributed by atoms with E-state index >= 15 is 0 Å². The molecule has 3 aromatic rings. The van der Waals surface area contributed by atoms with E-state index in [1.165, 1.54) is 16.2 Å². The average Bonchev–Trinajstić information content (AvgIpc) is 3.37. The fourth-order valence-electron chi connectivity index (χ4n) is 3.61. The first-order valence-corrected chi connectivity index (χ1v) is 12.3. The Morgan fingerprint density at radius 2 is 1.66 bits per heavy atom. The van der Waals surface area contributed by atoms with Crippen molar-refractivity contribution >= 4 is 23.5 Å². The number of hydrogen-bond donors (Lipinski definition) is 3. The molecule has 3 N–H and O–H groups in total. The number of aliphatic hydroxyl groups is 1. The van der Waals surface area contributed by atoms with Crippen LogP contribution < -0.4 is 10.6 Å². The Kier molecular flexibility index (Phi) is 10.1. The van der Waals surface area contributed by atoms with Gasteiger partial charge in [-0.25, -0.2) is 9.59 Å². The molecule has 3 amide bonds. The summed E-state index contributed by atoms with van der Waals surface area (Å²) >= 11 is 1.44. The summed E-state index contributed by atoms with van der Waals surface area (Å²) in [6.07, 6.45) is 0.365. The van der Waals surface area contributed by atoms with Crippen LogP contribution >= 0.6 is 11.3 Å². The molecular weight excluding hydrogens is 464 g/mol. The summed E-state index contributed by atoms with van der Waals surface area (Å²) in [5, 5.41) is 16.9. The van der Waals surface area contributed by atoms with Gasteiger partial charge >= 0.3 is 12.1 Å². The number of hydrogen-bond acceptors (Lipinski definition) is 6. The third-order valence-electron chi connectivity index (χ3n) is 5.44. The molecule has 0 saturated carbocycles. The highest BCUT2D eigenvalue weighted by Gasteiger charge is 2.28. The van der Waals surface area contributed by atoms with E-state index in [4.69, 9.17) is 4.74 Å². The molecule has 0 radical (unpaired) electrons. The molecule has 3 rings (SSSR count). The predicted octanol–water partition coefficient (Wildman–Crippen LogP) is 3.61. The maximum absolute atomic E-state index is 12.6. The van der Waals surface area contributed by atoms with Gasteiger partial charge in [0.05, 0.1) is 18.2 Å². The monoisotopic (exact) mass is 496 g/mol. The summed E-state index contributed by atoms with van der Waals surface area (Å²) in [4.78, 5) is 31.3. The number of carbonyl (C=O) groups is 2. The maximum atomic E-state index is 12.6. The van der Waals surface area contributed by atoms with E-state index in [2.05, 4.69) is 15.6 Å². The molecule has 0 saturated heterocycles. The summed E-state index contributed by atoms with van der Waals surface area (Å²) in [6, 6.07) is 18.7. The van der Waals surface area contributed by atoms with Gasteiger partial charge in [0, 0.05) is 37.6 Å². The molecule has 3 unspecified atom stereocenters. The van der Waals surface area contributed by atoms with Gasteiger partial charge < -0.3 is 25.4 Å². The topological polar surface area (TPSA) is 104 Å². The van der Waals surface area contributed by atoms with Gasteiger partial charge in [-0.15, -0.1) is 11.3 Å². The summed E-state index contributed by atoms with van der Waals surface area (Å²) < 4.78 is 5.68. The Morgan fingerprint density at radius 1 is 1.03 bits per heavy atom. The second-order valence-corrected chi connectivity index (χ2v) is 9.46. The van der Waals surface area contributed by atoms with E-state index in [9.17, 15) is 14.7 Å². The summed E-state index contributed by atoms with van der Waals surface area (Å²) in [5.74, 6) is 0. The quantitative estimate of drug-likeness (QED) is 0.376. The first-order valence-electron chi connectivity index (χ1n) is 11.5. The molecule has 1 heterocycles. The highest BCUT2D eigenvalue weighted by atomic mass is 32.1. The lowest BCUT2D eigenvalue weighted by atomic mass is 9.95. The van der Waals surface area contributed by atoms with Crippen LogP contribution in [0.4, 0.5) is 9.59 Å². The Morgan fingerprint density at radius 3 is 2.23 bits per heavy atom. The van der Waals surface area contributed by atoms with E-state index in [0.29, 0.717) is 19.4 Å². The largest absolute Gasteiger partial charge is 0.443 e. The molecule has 0 aliphatic carbocycles. The molecule has 186 valence electrons. The molecular formula is C26H32N4O4S. The number of thiazole rings is 1. The Hall–Kier alpha value is -3.43. The van der Waals surface area contributed by atoms with Crippen molar-refractivity contribution < 1.29 is 19.4 Å². The van der Waals surface area contributed by atoms with Crippen LogP contribution in [0.1, 0.15) is 22.4 Å². The van der Waals surface area contributed by atoms with Crippen molar-refractivity contribution in [3.8, 4) is 0 Å². The SMILES string of the molecule is CN(C)C(=O)NC(Cc1ccccc1)CC(O)C(Cc1ccccc1)OC(=O)NCc1cncs1. The number of alkyl carbamates (subject to hydrolysis) is 1. The number of carbonyl (C=O) groups excluding carboxylic acids is 2. The Bertz CT molecular complexity index is 1030. The molecule has 35 heavy (non-hydrogen) atoms. The second-order valence-electron chi connectivity index (χ2n) is 8.49. The molecule has 8 nitrogen and oxygen atoms in total. The Labute approximate surface area is 210 Å². The van der Waals surface area contributed by atoms with E-state index in [0.717, 1.165) is 16.0 Å². The molecule has 0 bridgehead atoms. The van der Waals surface area contributed by atoms with Crippen LogP contribution in [0.25, 0.3) is 0 Å². The van der Waals surface area contributed by atoms with Gasteiger partial charge in [-0.1, -0.05) is 60.7 Å². The molecule has 1 aromatic heterocycles. The molecule has 3 atom stereocenters. The molecule has 2 aromatic carbocycles. The first-order chi connectivity index (χ1) is 16.9. The fourth-order valence-corrected chi connectivity index (χ4v) is 4.14. The molecule has 0 fully saturated rings. The maximum Gasteiger partial charge on any atom is 0.407 e. The van der Waals surface area contributed by atoms with Crippen molar-refractivity contribution in [2.75, 3.05) is 14.1 Å². The zero-order valence-electron chi connectivity index (χ0n) is 20.0. The second kappa shape index (κ2) is 13.5. The van der Waals surface area contributed by atoms with Crippen LogP contribution in [0.15, 0.2) is 72.4 Å². The first kappa shape index (κ1) is 26.2. The number of urea groups is 1. The van der Waals surface area contributed by atoms with E-state index in [-0.39, 0.29) is 18.5 Å². The van der Waals surface area contributed by atoms with Gasteiger partial charge in [-0.05, 0) is 24.0 Å². The number of rotatable bonds is 11. The van der Waals surface area contributed by atoms with Crippen LogP contribution in [0.5, 0.6) is 0 Å². The van der Waals surface area contributed by atoms with E-state index < -0.39 is 18.3 Å². The lowest BCUT2D eigenvalue weighted by Gasteiger charge is -2.28. The normalized spacial score (nSPS) is 13.3. The lowest BCUT2D eigenvalue weighted by molar-refractivity contribution is -0.00523.